The average Bonchev–Trinajstić information content (AvgIpc) is 3.24. The quantitative estimate of drug-likeness (QED) is 0.324. The van der Waals surface area contributed by atoms with Crippen LogP contribution in [-0.4, -0.2) is 33.2 Å². The fourth-order valence-corrected chi connectivity index (χ4v) is 4.93. The molecule has 1 unspecified atom stereocenters. The molecule has 1 fully saturated rings. The van der Waals surface area contributed by atoms with E-state index in [0.29, 0.717) is 51.9 Å². The number of nitrogens with one attached hydrogen (secondary N) is 2. The molecule has 0 saturated heterocycles. The van der Waals surface area contributed by atoms with Gasteiger partial charge < -0.3 is 19.7 Å². The van der Waals surface area contributed by atoms with Crippen LogP contribution >= 0.6 is 11.6 Å². The van der Waals surface area contributed by atoms with E-state index in [1.165, 1.54) is 0 Å². The molecule has 4 rings (SSSR count). The van der Waals surface area contributed by atoms with Crippen molar-refractivity contribution in [3.8, 4) is 11.5 Å². The van der Waals surface area contributed by atoms with Crippen molar-refractivity contribution in [3.63, 3.8) is 0 Å². The average molecular weight is 541 g/mol. The minimum atomic E-state index is -0.949. The van der Waals surface area contributed by atoms with Gasteiger partial charge in [0.05, 0.1) is 23.2 Å². The van der Waals surface area contributed by atoms with E-state index in [1.807, 2.05) is 0 Å². The molecule has 3 atom stereocenters. The summed E-state index contributed by atoms with van der Waals surface area (Å²) in [5.74, 6) is -2.34. The molecule has 0 radical (unpaired) electrons. The van der Waals surface area contributed by atoms with Crippen molar-refractivity contribution in [1.82, 2.24) is 10.1 Å². The number of rotatable bonds is 7. The third-order valence-corrected chi connectivity index (χ3v) is 7.06. The lowest BCUT2D eigenvalue weighted by atomic mass is 9.78. The molecule has 0 bridgehead atoms. The molecule has 0 spiro atoms. The number of pyridine rings is 1. The van der Waals surface area contributed by atoms with E-state index in [9.17, 15) is 19.5 Å². The van der Waals surface area contributed by atoms with E-state index in [1.54, 1.807) is 57.2 Å². The van der Waals surface area contributed by atoms with Crippen LogP contribution in [0.4, 0.5) is 16.2 Å². The lowest BCUT2D eigenvalue weighted by Crippen LogP contribution is -2.36. The Kier molecular flexibility index (Phi) is 8.31. The number of carbonyl (C=O) groups excluding carboxylic acids is 2. The molecule has 1 aliphatic carbocycles. The smallest absolute Gasteiger partial charge is 0.412 e. The van der Waals surface area contributed by atoms with Crippen molar-refractivity contribution in [1.29, 1.82) is 0 Å². The van der Waals surface area contributed by atoms with Crippen LogP contribution in [0.2, 0.25) is 5.02 Å². The fraction of sp³-hybridized carbons (Fsp3) is 0.370. The zero-order valence-electron chi connectivity index (χ0n) is 21.3. The number of amides is 2. The molecule has 1 aliphatic rings. The zero-order chi connectivity index (χ0) is 27.4. The highest BCUT2D eigenvalue weighted by Gasteiger charge is 2.36. The molecule has 10 nitrogen and oxygen atoms in total. The van der Waals surface area contributed by atoms with Gasteiger partial charge in [0, 0.05) is 10.6 Å². The lowest BCUT2D eigenvalue weighted by Gasteiger charge is -2.27. The van der Waals surface area contributed by atoms with Crippen LogP contribution in [0.25, 0.3) is 11.5 Å². The van der Waals surface area contributed by atoms with Gasteiger partial charge in [0.2, 0.25) is 11.7 Å². The summed E-state index contributed by atoms with van der Waals surface area (Å²) in [5, 5.41) is 19.4. The number of hydrogen-bond acceptors (Lipinski definition) is 7. The van der Waals surface area contributed by atoms with Gasteiger partial charge in [-0.3, -0.25) is 14.9 Å². The topological polar surface area (TPSA) is 144 Å². The van der Waals surface area contributed by atoms with Crippen LogP contribution in [-0.2, 0) is 14.3 Å². The van der Waals surface area contributed by atoms with Crippen molar-refractivity contribution in [2.24, 2.45) is 11.8 Å². The summed E-state index contributed by atoms with van der Waals surface area (Å²) < 4.78 is 10.9. The van der Waals surface area contributed by atoms with Crippen molar-refractivity contribution in [2.75, 3.05) is 10.6 Å². The number of carboxylic acids is 1. The van der Waals surface area contributed by atoms with Gasteiger partial charge in [0.25, 0.3) is 0 Å². The lowest BCUT2D eigenvalue weighted by molar-refractivity contribution is -0.147. The summed E-state index contributed by atoms with van der Waals surface area (Å²) in [4.78, 5) is 41.6. The predicted molar refractivity (Wildman–Crippen MR) is 141 cm³/mol. The fourth-order valence-electron chi connectivity index (χ4n) is 4.64. The number of carboxylic acid groups (broad SMARTS) is 1. The summed E-state index contributed by atoms with van der Waals surface area (Å²) in [6.45, 7) is 5.10. The second kappa shape index (κ2) is 11.6. The molecular formula is C27H29ClN4O6. The maximum Gasteiger partial charge on any atom is 0.412 e. The number of anilines is 2. The number of benzene rings is 1. The Balaban J connectivity index is 1.47. The molecule has 2 heterocycles. The molecule has 3 N–H and O–H groups in total. The van der Waals surface area contributed by atoms with E-state index >= 15 is 0 Å². The molecule has 2 amide bonds. The van der Waals surface area contributed by atoms with Crippen molar-refractivity contribution in [2.45, 2.75) is 52.6 Å². The van der Waals surface area contributed by atoms with Crippen molar-refractivity contribution >= 4 is 40.9 Å². The maximum atomic E-state index is 12.9. The Morgan fingerprint density at radius 2 is 1.76 bits per heavy atom. The number of hydrogen-bond donors (Lipinski definition) is 3. The van der Waals surface area contributed by atoms with Gasteiger partial charge in [-0.1, -0.05) is 47.8 Å². The molecular weight excluding hydrogens is 512 g/mol. The van der Waals surface area contributed by atoms with Crippen LogP contribution < -0.4 is 10.6 Å². The molecule has 1 aromatic carbocycles. The Labute approximate surface area is 224 Å². The highest BCUT2D eigenvalue weighted by Crippen LogP contribution is 2.34. The second-order valence-corrected chi connectivity index (χ2v) is 9.73. The van der Waals surface area contributed by atoms with Gasteiger partial charge in [0.1, 0.15) is 23.2 Å². The van der Waals surface area contributed by atoms with E-state index in [2.05, 4.69) is 20.8 Å². The first-order valence-electron chi connectivity index (χ1n) is 12.4. The van der Waals surface area contributed by atoms with Gasteiger partial charge in [-0.25, -0.2) is 9.78 Å². The molecule has 11 heteroatoms. The SMILES string of the molecule is Cc1nc(-c2onc(C)c2NC(=O)OC(C)c2ccccc2Cl)ccc1NC(=O)[C@H]1CCCC[C@@H]1C(=O)O. The first kappa shape index (κ1) is 27.1. The number of ether oxygens (including phenoxy) is 1. The summed E-state index contributed by atoms with van der Waals surface area (Å²) in [7, 11) is 0. The second-order valence-electron chi connectivity index (χ2n) is 9.32. The number of nitrogens with zero attached hydrogens (tertiary/aromatic N) is 2. The Hall–Kier alpha value is -3.92. The number of halogens is 1. The Morgan fingerprint density at radius 3 is 2.45 bits per heavy atom. The van der Waals surface area contributed by atoms with Crippen LogP contribution in [0.1, 0.15) is 55.7 Å². The highest BCUT2D eigenvalue weighted by atomic mass is 35.5. The first-order chi connectivity index (χ1) is 18.2. The molecule has 1 saturated carbocycles. The molecule has 38 heavy (non-hydrogen) atoms. The summed E-state index contributed by atoms with van der Waals surface area (Å²) >= 11 is 6.20. The molecule has 3 aromatic rings. The number of aryl methyl sites for hydroxylation is 2. The summed E-state index contributed by atoms with van der Waals surface area (Å²) in [6.07, 6.45) is 1.33. The maximum absolute atomic E-state index is 12.9. The van der Waals surface area contributed by atoms with Gasteiger partial charge in [0.15, 0.2) is 0 Å². The van der Waals surface area contributed by atoms with Crippen molar-refractivity contribution < 1.29 is 28.8 Å². The van der Waals surface area contributed by atoms with Gasteiger partial charge in [-0.15, -0.1) is 0 Å². The minimum absolute atomic E-state index is 0.226. The third-order valence-electron chi connectivity index (χ3n) is 6.71. The number of carbonyl (C=O) groups is 3. The third kappa shape index (κ3) is 5.96. The minimum Gasteiger partial charge on any atom is -0.481 e. The van der Waals surface area contributed by atoms with Crippen LogP contribution in [0.3, 0.4) is 0 Å². The van der Waals surface area contributed by atoms with Gasteiger partial charge in [-0.2, -0.15) is 0 Å². The van der Waals surface area contributed by atoms with E-state index < -0.39 is 30.0 Å². The molecule has 2 aromatic heterocycles. The van der Waals surface area contributed by atoms with Crippen LogP contribution in [0.15, 0.2) is 40.9 Å². The highest BCUT2D eigenvalue weighted by molar-refractivity contribution is 6.31. The van der Waals surface area contributed by atoms with E-state index in [0.717, 1.165) is 12.8 Å². The monoisotopic (exact) mass is 540 g/mol. The normalized spacial score (nSPS) is 17.9. The van der Waals surface area contributed by atoms with Crippen LogP contribution in [0.5, 0.6) is 0 Å². The standard InChI is InChI=1S/C27H29ClN4O6/c1-14-21(30-25(33)18-9-4-5-10-19(18)26(34)35)12-13-22(29-14)24-23(15(2)32-38-24)31-27(36)37-16(3)17-8-6-7-11-20(17)28/h6-8,11-13,16,18-19H,4-5,9-10H2,1-3H3,(H,30,33)(H,31,36)(H,34,35)/t16?,18-,19-/m0/s1. The van der Waals surface area contributed by atoms with Crippen LogP contribution in [0, 0.1) is 25.7 Å². The van der Waals surface area contributed by atoms with Gasteiger partial charge in [-0.05, 0) is 51.8 Å². The molecule has 200 valence electrons. The number of aromatic nitrogens is 2. The Morgan fingerprint density at radius 1 is 1.05 bits per heavy atom. The molecule has 0 aliphatic heterocycles. The summed E-state index contributed by atoms with van der Waals surface area (Å²) in [6, 6.07) is 10.4. The van der Waals surface area contributed by atoms with Gasteiger partial charge >= 0.3 is 12.1 Å². The predicted octanol–water partition coefficient (Wildman–Crippen LogP) is 6.15. The largest absolute Gasteiger partial charge is 0.481 e. The Bertz CT molecular complexity index is 1360. The first-order valence-corrected chi connectivity index (χ1v) is 12.7. The van der Waals surface area contributed by atoms with E-state index in [4.69, 9.17) is 20.9 Å². The zero-order valence-corrected chi connectivity index (χ0v) is 22.0. The number of aliphatic carboxylic acids is 1. The van der Waals surface area contributed by atoms with Crippen molar-refractivity contribution in [3.05, 3.63) is 58.4 Å². The van der Waals surface area contributed by atoms with E-state index in [-0.39, 0.29) is 11.7 Å². The summed E-state index contributed by atoms with van der Waals surface area (Å²) in [5.41, 5.74) is 2.74.